The van der Waals surface area contributed by atoms with Crippen molar-refractivity contribution in [2.24, 2.45) is 10.3 Å². The molecule has 0 bridgehead atoms. The van der Waals surface area contributed by atoms with Crippen LogP contribution in [-0.4, -0.2) is 32.0 Å². The maximum absolute atomic E-state index is 10.2. The molecular formula is C5H6N6O2S. The monoisotopic (exact) mass is 214 g/mol. The third-order valence-corrected chi connectivity index (χ3v) is 2.16. The summed E-state index contributed by atoms with van der Waals surface area (Å²) in [6.45, 7) is 0. The number of hydrogen-bond donors (Lipinski definition) is 2. The quantitative estimate of drug-likeness (QED) is 0.503. The molecule has 2 rings (SSSR count). The zero-order valence-electron chi connectivity index (χ0n) is 7.08. The van der Waals surface area contributed by atoms with Gasteiger partial charge in [0.2, 0.25) is 23.2 Å². The minimum absolute atomic E-state index is 0.268. The van der Waals surface area contributed by atoms with E-state index in [9.17, 15) is 10.0 Å². The van der Waals surface area contributed by atoms with Crippen LogP contribution in [0.15, 0.2) is 15.4 Å². The van der Waals surface area contributed by atoms with E-state index in [4.69, 9.17) is 0 Å². The molecule has 2 N–H and O–H groups in total. The SMILES string of the molecule is CSc1nc2n(n1)C(O)C(N=O)=NN2. The van der Waals surface area contributed by atoms with Gasteiger partial charge in [-0.15, -0.1) is 15.1 Å². The molecule has 1 unspecified atom stereocenters. The highest BCUT2D eigenvalue weighted by atomic mass is 32.2. The van der Waals surface area contributed by atoms with Crippen LogP contribution in [0, 0.1) is 4.91 Å². The first-order chi connectivity index (χ1) is 6.76. The Balaban J connectivity index is 2.39. The van der Waals surface area contributed by atoms with E-state index in [2.05, 4.69) is 25.8 Å². The van der Waals surface area contributed by atoms with E-state index in [-0.39, 0.29) is 11.8 Å². The Hall–Kier alpha value is -1.48. The van der Waals surface area contributed by atoms with Gasteiger partial charge in [0.25, 0.3) is 0 Å². The van der Waals surface area contributed by atoms with Crippen LogP contribution in [0.4, 0.5) is 5.95 Å². The number of fused-ring (bicyclic) bond motifs is 1. The lowest BCUT2D eigenvalue weighted by Gasteiger charge is -2.14. The molecular weight excluding hydrogens is 208 g/mol. The predicted octanol–water partition coefficient (Wildman–Crippen LogP) is -0.00370. The zero-order valence-corrected chi connectivity index (χ0v) is 7.89. The summed E-state index contributed by atoms with van der Waals surface area (Å²) in [4.78, 5) is 14.2. The Morgan fingerprint density at radius 3 is 3.14 bits per heavy atom. The molecule has 1 aromatic heterocycles. The van der Waals surface area contributed by atoms with Crippen molar-refractivity contribution in [3.05, 3.63) is 4.91 Å². The summed E-state index contributed by atoms with van der Waals surface area (Å²) in [5, 5.41) is 20.0. The van der Waals surface area contributed by atoms with Gasteiger partial charge in [0.05, 0.1) is 0 Å². The van der Waals surface area contributed by atoms with Gasteiger partial charge < -0.3 is 5.11 Å². The molecule has 0 radical (unpaired) electrons. The van der Waals surface area contributed by atoms with E-state index >= 15 is 0 Å². The summed E-state index contributed by atoms with van der Waals surface area (Å²) in [6.07, 6.45) is 0.533. The van der Waals surface area contributed by atoms with Crippen LogP contribution >= 0.6 is 11.8 Å². The van der Waals surface area contributed by atoms with Gasteiger partial charge in [-0.3, -0.25) is 0 Å². The first-order valence-corrected chi connectivity index (χ1v) is 4.84. The van der Waals surface area contributed by atoms with Gasteiger partial charge in [0, 0.05) is 0 Å². The van der Waals surface area contributed by atoms with Crippen LogP contribution in [0.2, 0.25) is 0 Å². The molecule has 14 heavy (non-hydrogen) atoms. The minimum atomic E-state index is -1.27. The van der Waals surface area contributed by atoms with Crippen molar-refractivity contribution in [2.75, 3.05) is 11.7 Å². The number of hydrazone groups is 1. The highest BCUT2D eigenvalue weighted by molar-refractivity contribution is 7.98. The van der Waals surface area contributed by atoms with Gasteiger partial charge >= 0.3 is 0 Å². The summed E-state index contributed by atoms with van der Waals surface area (Å²) < 4.78 is 1.15. The van der Waals surface area contributed by atoms with Gasteiger partial charge in [-0.2, -0.15) is 9.67 Å². The molecule has 1 aliphatic rings. The number of amidine groups is 1. The second-order valence-electron chi connectivity index (χ2n) is 2.41. The fourth-order valence-electron chi connectivity index (χ4n) is 0.979. The molecule has 0 saturated heterocycles. The molecule has 0 fully saturated rings. The molecule has 1 atom stereocenters. The Labute approximate surface area is 82.4 Å². The van der Waals surface area contributed by atoms with E-state index in [0.29, 0.717) is 5.16 Å². The number of anilines is 1. The van der Waals surface area contributed by atoms with Crippen molar-refractivity contribution < 1.29 is 5.11 Å². The van der Waals surface area contributed by atoms with Crippen molar-refractivity contribution >= 4 is 23.5 Å². The maximum Gasteiger partial charge on any atom is 0.245 e. The van der Waals surface area contributed by atoms with E-state index in [1.807, 2.05) is 0 Å². The van der Waals surface area contributed by atoms with Crippen LogP contribution in [0.3, 0.4) is 0 Å². The van der Waals surface area contributed by atoms with E-state index in [0.717, 1.165) is 4.68 Å². The molecule has 9 heteroatoms. The second-order valence-corrected chi connectivity index (χ2v) is 3.19. The van der Waals surface area contributed by atoms with Gasteiger partial charge in [0.1, 0.15) is 0 Å². The van der Waals surface area contributed by atoms with E-state index < -0.39 is 6.23 Å². The number of aromatic nitrogens is 3. The van der Waals surface area contributed by atoms with Gasteiger partial charge in [-0.1, -0.05) is 11.8 Å². The summed E-state index contributed by atoms with van der Waals surface area (Å²) >= 11 is 1.32. The summed E-state index contributed by atoms with van der Waals surface area (Å²) in [6, 6.07) is 0. The van der Waals surface area contributed by atoms with Gasteiger partial charge in [0.15, 0.2) is 0 Å². The van der Waals surface area contributed by atoms with Crippen LogP contribution in [0.1, 0.15) is 6.23 Å². The van der Waals surface area contributed by atoms with Crippen LogP contribution in [0.25, 0.3) is 0 Å². The van der Waals surface area contributed by atoms with Crippen LogP contribution in [0.5, 0.6) is 0 Å². The first kappa shape index (κ1) is 9.09. The van der Waals surface area contributed by atoms with Gasteiger partial charge in [-0.25, -0.2) is 5.43 Å². The Bertz CT molecular complexity index is 401. The Morgan fingerprint density at radius 2 is 2.50 bits per heavy atom. The molecule has 8 nitrogen and oxygen atoms in total. The Kier molecular flexibility index (Phi) is 2.17. The number of aliphatic hydroxyl groups is 1. The predicted molar refractivity (Wildman–Crippen MR) is 49.9 cm³/mol. The van der Waals surface area contributed by atoms with Crippen LogP contribution < -0.4 is 5.43 Å². The first-order valence-electron chi connectivity index (χ1n) is 3.62. The van der Waals surface area contributed by atoms with Crippen molar-refractivity contribution in [2.45, 2.75) is 11.4 Å². The third-order valence-electron chi connectivity index (χ3n) is 1.62. The lowest BCUT2D eigenvalue weighted by Crippen LogP contribution is -2.25. The zero-order chi connectivity index (χ0) is 10.1. The molecule has 74 valence electrons. The molecule has 1 aromatic rings. The molecule has 1 aliphatic heterocycles. The summed E-state index contributed by atoms with van der Waals surface area (Å²) in [5.74, 6) is 0.0179. The number of rotatable bonds is 1. The average molecular weight is 214 g/mol. The fourth-order valence-corrected chi connectivity index (χ4v) is 1.33. The normalized spacial score (nSPS) is 19.6. The van der Waals surface area contributed by atoms with Crippen molar-refractivity contribution in [1.29, 1.82) is 0 Å². The van der Waals surface area contributed by atoms with E-state index in [1.165, 1.54) is 11.8 Å². The maximum atomic E-state index is 10.2. The lowest BCUT2D eigenvalue weighted by atomic mass is 10.5. The van der Waals surface area contributed by atoms with E-state index in [1.54, 1.807) is 6.26 Å². The molecule has 0 spiro atoms. The third kappa shape index (κ3) is 1.26. The molecule has 0 saturated carbocycles. The molecule has 0 aromatic carbocycles. The molecule has 0 amide bonds. The fraction of sp³-hybridized carbons (Fsp3) is 0.400. The largest absolute Gasteiger partial charge is 0.365 e. The van der Waals surface area contributed by atoms with Gasteiger partial charge in [-0.05, 0) is 11.4 Å². The number of nitroso groups, excluding NO2 is 1. The smallest absolute Gasteiger partial charge is 0.245 e. The molecule has 0 aliphatic carbocycles. The number of aliphatic hydroxyl groups excluding tert-OH is 1. The lowest BCUT2D eigenvalue weighted by molar-refractivity contribution is 0.156. The highest BCUT2D eigenvalue weighted by Crippen LogP contribution is 2.21. The van der Waals surface area contributed by atoms with Crippen LogP contribution in [-0.2, 0) is 0 Å². The summed E-state index contributed by atoms with van der Waals surface area (Å²) in [5.41, 5.74) is 2.46. The molecule has 2 heterocycles. The number of nitrogens with zero attached hydrogens (tertiary/aromatic N) is 5. The standard InChI is InChI=1S/C5H6N6O2S/c1-14-5-6-4-8-7-2(10-13)3(12)11(4)9-5/h3,12H,1H3,(H,6,8,9). The minimum Gasteiger partial charge on any atom is -0.365 e. The average Bonchev–Trinajstić information content (AvgIpc) is 2.62. The van der Waals surface area contributed by atoms with Crippen molar-refractivity contribution in [1.82, 2.24) is 14.8 Å². The topological polar surface area (TPSA) is 105 Å². The number of nitrogens with one attached hydrogen (secondary N) is 1. The second kappa shape index (κ2) is 3.35. The summed E-state index contributed by atoms with van der Waals surface area (Å²) in [7, 11) is 0. The Morgan fingerprint density at radius 1 is 1.71 bits per heavy atom. The highest BCUT2D eigenvalue weighted by Gasteiger charge is 2.26. The van der Waals surface area contributed by atoms with Crippen molar-refractivity contribution in [3.63, 3.8) is 0 Å². The number of hydrogen-bond acceptors (Lipinski definition) is 8. The van der Waals surface area contributed by atoms with Crippen molar-refractivity contribution in [3.8, 4) is 0 Å². The number of thioether (sulfide) groups is 1.